The van der Waals surface area contributed by atoms with Gasteiger partial charge in [0.15, 0.2) is 17.9 Å². The molecule has 1 saturated carbocycles. The van der Waals surface area contributed by atoms with Gasteiger partial charge in [-0.25, -0.2) is 0 Å². The van der Waals surface area contributed by atoms with E-state index in [0.717, 1.165) is 62.5 Å². The number of ketones is 1. The van der Waals surface area contributed by atoms with Gasteiger partial charge in [0, 0.05) is 56.6 Å². The Morgan fingerprint density at radius 1 is 0.970 bits per heavy atom. The van der Waals surface area contributed by atoms with Crippen LogP contribution in [0.2, 0.25) is 0 Å². The SMILES string of the molecule is CC(=O)c1cc(N2CCC3(CC2)CC(N2CCN(c4ccc(C=O)nn4)CC2)C3)ccc1C. The predicted molar refractivity (Wildman–Crippen MR) is 129 cm³/mol. The molecule has 33 heavy (non-hydrogen) atoms. The number of piperazine rings is 1. The first-order chi connectivity index (χ1) is 16.0. The summed E-state index contributed by atoms with van der Waals surface area (Å²) in [6.07, 6.45) is 5.83. The Balaban J connectivity index is 1.11. The van der Waals surface area contributed by atoms with Crippen molar-refractivity contribution in [1.82, 2.24) is 15.1 Å². The second kappa shape index (κ2) is 8.86. The summed E-state index contributed by atoms with van der Waals surface area (Å²) in [6.45, 7) is 9.85. The first-order valence-electron chi connectivity index (χ1n) is 12.1. The summed E-state index contributed by atoms with van der Waals surface area (Å²) in [4.78, 5) is 30.1. The monoisotopic (exact) mass is 447 g/mol. The lowest BCUT2D eigenvalue weighted by Crippen LogP contribution is -2.59. The van der Waals surface area contributed by atoms with Gasteiger partial charge in [0.25, 0.3) is 0 Å². The lowest BCUT2D eigenvalue weighted by molar-refractivity contribution is -0.0186. The van der Waals surface area contributed by atoms with Crippen molar-refractivity contribution in [2.75, 3.05) is 49.1 Å². The van der Waals surface area contributed by atoms with E-state index < -0.39 is 0 Å². The maximum absolute atomic E-state index is 11.9. The highest BCUT2D eigenvalue weighted by molar-refractivity contribution is 5.96. The van der Waals surface area contributed by atoms with E-state index in [1.165, 1.54) is 31.4 Å². The third kappa shape index (κ3) is 4.38. The number of carbonyl (C=O) groups excluding carboxylic acids is 2. The smallest absolute Gasteiger partial charge is 0.170 e. The van der Waals surface area contributed by atoms with Gasteiger partial charge in [-0.1, -0.05) is 6.07 Å². The Hall–Kier alpha value is -2.80. The van der Waals surface area contributed by atoms with Crippen LogP contribution >= 0.6 is 0 Å². The van der Waals surface area contributed by atoms with E-state index in [0.29, 0.717) is 17.2 Å². The molecule has 2 aliphatic heterocycles. The van der Waals surface area contributed by atoms with Crippen molar-refractivity contribution in [1.29, 1.82) is 0 Å². The van der Waals surface area contributed by atoms with Gasteiger partial charge >= 0.3 is 0 Å². The summed E-state index contributed by atoms with van der Waals surface area (Å²) in [5.74, 6) is 1.01. The predicted octanol–water partition coefficient (Wildman–Crippen LogP) is 3.37. The minimum Gasteiger partial charge on any atom is -0.371 e. The lowest BCUT2D eigenvalue weighted by Gasteiger charge is -2.56. The van der Waals surface area contributed by atoms with E-state index in [9.17, 15) is 9.59 Å². The van der Waals surface area contributed by atoms with Gasteiger partial charge in [0.1, 0.15) is 5.69 Å². The third-order valence-corrected chi connectivity index (χ3v) is 8.07. The molecule has 1 aromatic carbocycles. The molecule has 0 amide bonds. The van der Waals surface area contributed by atoms with Gasteiger partial charge in [-0.05, 0) is 74.8 Å². The number of hydrogen-bond acceptors (Lipinski definition) is 7. The maximum Gasteiger partial charge on any atom is 0.170 e. The summed E-state index contributed by atoms with van der Waals surface area (Å²) in [7, 11) is 0. The van der Waals surface area contributed by atoms with Gasteiger partial charge in [-0.3, -0.25) is 14.5 Å². The summed E-state index contributed by atoms with van der Waals surface area (Å²) in [5, 5.41) is 8.16. The minimum absolute atomic E-state index is 0.148. The van der Waals surface area contributed by atoms with Gasteiger partial charge in [0.2, 0.25) is 0 Å². The number of aryl methyl sites for hydroxylation is 1. The van der Waals surface area contributed by atoms with Crippen molar-refractivity contribution in [3.63, 3.8) is 0 Å². The van der Waals surface area contributed by atoms with Crippen LogP contribution in [0, 0.1) is 12.3 Å². The number of carbonyl (C=O) groups is 2. The number of hydrogen-bond donors (Lipinski definition) is 0. The molecule has 0 bridgehead atoms. The fourth-order valence-corrected chi connectivity index (χ4v) is 5.91. The van der Waals surface area contributed by atoms with Crippen molar-refractivity contribution in [2.24, 2.45) is 5.41 Å². The summed E-state index contributed by atoms with van der Waals surface area (Å²) in [6, 6.07) is 10.7. The Morgan fingerprint density at radius 2 is 1.70 bits per heavy atom. The highest BCUT2D eigenvalue weighted by atomic mass is 16.1. The molecule has 3 fully saturated rings. The van der Waals surface area contributed by atoms with Crippen molar-refractivity contribution in [3.8, 4) is 0 Å². The standard InChI is InChI=1S/C26H33N5O2/c1-19-3-5-22(15-24(19)20(2)33)29-9-7-26(8-10-29)16-23(17-26)30-11-13-31(14-12-30)25-6-4-21(18-32)27-28-25/h3-6,15,18,23H,7-14,16-17H2,1-2H3. The molecule has 0 atom stereocenters. The fraction of sp³-hybridized carbons (Fsp3) is 0.538. The molecule has 5 rings (SSSR count). The van der Waals surface area contributed by atoms with Crippen molar-refractivity contribution in [2.45, 2.75) is 45.6 Å². The van der Waals surface area contributed by atoms with Crippen molar-refractivity contribution >= 4 is 23.6 Å². The van der Waals surface area contributed by atoms with Crippen molar-refractivity contribution < 1.29 is 9.59 Å². The number of benzene rings is 1. The van der Waals surface area contributed by atoms with Crippen LogP contribution in [0.4, 0.5) is 11.5 Å². The van der Waals surface area contributed by atoms with Gasteiger partial charge in [0.05, 0.1) is 0 Å². The summed E-state index contributed by atoms with van der Waals surface area (Å²) in [5.41, 5.74) is 3.98. The van der Waals surface area contributed by atoms with Crippen LogP contribution in [0.25, 0.3) is 0 Å². The number of rotatable bonds is 5. The summed E-state index contributed by atoms with van der Waals surface area (Å²) < 4.78 is 0. The zero-order valence-corrected chi connectivity index (χ0v) is 19.7. The van der Waals surface area contributed by atoms with Gasteiger partial charge in [-0.15, -0.1) is 10.2 Å². The molecule has 0 radical (unpaired) electrons. The Morgan fingerprint density at radius 3 is 2.30 bits per heavy atom. The lowest BCUT2D eigenvalue weighted by atomic mass is 9.60. The molecule has 7 nitrogen and oxygen atoms in total. The molecule has 1 aliphatic carbocycles. The molecule has 2 aromatic rings. The topological polar surface area (TPSA) is 69.6 Å². The Kier molecular flexibility index (Phi) is 5.91. The van der Waals surface area contributed by atoms with Crippen LogP contribution in [0.5, 0.6) is 0 Å². The number of nitrogens with zero attached hydrogens (tertiary/aromatic N) is 5. The van der Waals surface area contributed by atoms with Crippen LogP contribution in [0.15, 0.2) is 30.3 Å². The number of piperidine rings is 1. The molecule has 0 unspecified atom stereocenters. The molecular weight excluding hydrogens is 414 g/mol. The average Bonchev–Trinajstić information content (AvgIpc) is 2.83. The number of anilines is 2. The van der Waals surface area contributed by atoms with E-state index in [2.05, 4.69) is 43.1 Å². The normalized spacial score (nSPS) is 21.2. The van der Waals surface area contributed by atoms with E-state index in [-0.39, 0.29) is 5.78 Å². The van der Waals surface area contributed by atoms with E-state index >= 15 is 0 Å². The maximum atomic E-state index is 11.9. The number of Topliss-reactive ketones (excluding diaryl/α,β-unsaturated/α-hetero) is 1. The molecule has 1 spiro atoms. The van der Waals surface area contributed by atoms with Crippen LogP contribution in [0.1, 0.15) is 59.0 Å². The number of aldehydes is 1. The largest absolute Gasteiger partial charge is 0.371 e. The average molecular weight is 448 g/mol. The molecule has 174 valence electrons. The highest BCUT2D eigenvalue weighted by Crippen LogP contribution is 2.51. The third-order valence-electron chi connectivity index (χ3n) is 8.07. The first kappa shape index (κ1) is 22.0. The molecule has 0 N–H and O–H groups in total. The van der Waals surface area contributed by atoms with Crippen LogP contribution in [-0.2, 0) is 0 Å². The van der Waals surface area contributed by atoms with Crippen molar-refractivity contribution in [3.05, 3.63) is 47.2 Å². The van der Waals surface area contributed by atoms with Crippen LogP contribution < -0.4 is 9.80 Å². The molecule has 7 heteroatoms. The molecule has 2 saturated heterocycles. The zero-order chi connectivity index (χ0) is 23.0. The van der Waals surface area contributed by atoms with Gasteiger partial charge < -0.3 is 9.80 Å². The second-order valence-electron chi connectivity index (χ2n) is 10.1. The van der Waals surface area contributed by atoms with Crippen LogP contribution in [-0.4, -0.2) is 72.5 Å². The minimum atomic E-state index is 0.148. The van der Waals surface area contributed by atoms with Gasteiger partial charge in [-0.2, -0.15) is 0 Å². The van der Waals surface area contributed by atoms with E-state index in [1.54, 1.807) is 13.0 Å². The quantitative estimate of drug-likeness (QED) is 0.514. The highest BCUT2D eigenvalue weighted by Gasteiger charge is 2.48. The fourth-order valence-electron chi connectivity index (χ4n) is 5.91. The van der Waals surface area contributed by atoms with E-state index in [1.807, 2.05) is 13.0 Å². The first-order valence-corrected chi connectivity index (χ1v) is 12.1. The Labute approximate surface area is 195 Å². The Bertz CT molecular complexity index is 1010. The summed E-state index contributed by atoms with van der Waals surface area (Å²) >= 11 is 0. The number of aromatic nitrogens is 2. The molecule has 1 aromatic heterocycles. The van der Waals surface area contributed by atoms with E-state index in [4.69, 9.17) is 0 Å². The zero-order valence-electron chi connectivity index (χ0n) is 19.7. The molecule has 3 heterocycles. The molecular formula is C26H33N5O2. The second-order valence-corrected chi connectivity index (χ2v) is 10.1. The molecule has 3 aliphatic rings. The van der Waals surface area contributed by atoms with Crippen LogP contribution in [0.3, 0.4) is 0 Å².